The normalized spacial score (nSPS) is 25.5. The number of aliphatic hydroxyl groups excluding tert-OH is 2. The van der Waals surface area contributed by atoms with Crippen molar-refractivity contribution in [3.05, 3.63) is 40.3 Å². The Morgan fingerprint density at radius 3 is 2.89 bits per heavy atom. The maximum Gasteiger partial charge on any atom is 0.273 e. The smallest absolute Gasteiger partial charge is 0.273 e. The van der Waals surface area contributed by atoms with Gasteiger partial charge in [0.25, 0.3) is 5.91 Å². The van der Waals surface area contributed by atoms with E-state index in [-0.39, 0.29) is 11.6 Å². The number of carbonyl (C=O) groups is 1. The first-order valence-electron chi connectivity index (χ1n) is 11.4. The molecule has 5 rings (SSSR count). The van der Waals surface area contributed by atoms with E-state index in [0.717, 1.165) is 6.42 Å². The molecule has 37 heavy (non-hydrogen) atoms. The van der Waals surface area contributed by atoms with Crippen molar-refractivity contribution in [3.8, 4) is 23.0 Å². The fourth-order valence-electron chi connectivity index (χ4n) is 4.17. The van der Waals surface area contributed by atoms with Gasteiger partial charge in [0, 0.05) is 42.2 Å². The molecule has 3 aromatic heterocycles. The van der Waals surface area contributed by atoms with Crippen molar-refractivity contribution >= 4 is 40.6 Å². The number of aliphatic hydroxyl groups is 2. The minimum Gasteiger partial charge on any atom is -0.394 e. The van der Waals surface area contributed by atoms with Gasteiger partial charge in [-0.3, -0.25) is 4.79 Å². The van der Waals surface area contributed by atoms with Crippen LogP contribution in [0.2, 0.25) is 5.15 Å². The second-order valence-electron chi connectivity index (χ2n) is 8.44. The Hall–Kier alpha value is -2.57. The summed E-state index contributed by atoms with van der Waals surface area (Å²) in [4.78, 5) is 23.8. The van der Waals surface area contributed by atoms with Gasteiger partial charge >= 0.3 is 0 Å². The number of aromatic nitrogens is 5. The molecule has 0 saturated carbocycles. The van der Waals surface area contributed by atoms with Crippen LogP contribution in [0.25, 0.3) is 10.7 Å². The number of hydrogen-bond acceptors (Lipinski definition) is 11. The Bertz CT molecular complexity index is 1320. The van der Waals surface area contributed by atoms with E-state index < -0.39 is 36.4 Å². The summed E-state index contributed by atoms with van der Waals surface area (Å²) in [5.74, 6) is 2.35. The van der Waals surface area contributed by atoms with Crippen molar-refractivity contribution in [2.45, 2.75) is 41.1 Å². The number of pyridine rings is 1. The van der Waals surface area contributed by atoms with Crippen LogP contribution < -0.4 is 0 Å². The zero-order chi connectivity index (χ0) is 26.1. The van der Waals surface area contributed by atoms with Crippen LogP contribution in [0.4, 0.5) is 0 Å². The highest BCUT2D eigenvalue weighted by Gasteiger charge is 2.48. The molecule has 194 valence electrons. The summed E-state index contributed by atoms with van der Waals surface area (Å²) in [5, 5.41) is 32.1. The van der Waals surface area contributed by atoms with Crippen LogP contribution in [0.3, 0.4) is 0 Å². The summed E-state index contributed by atoms with van der Waals surface area (Å²) in [6.07, 6.45) is 6.79. The molecule has 0 spiro atoms. The Balaban J connectivity index is 1.48. The molecule has 2 aliphatic heterocycles. The van der Waals surface area contributed by atoms with Gasteiger partial charge in [-0.1, -0.05) is 34.5 Å². The Labute approximate surface area is 225 Å². The molecule has 2 unspecified atom stereocenters. The number of ether oxygens (including phenoxy) is 2. The van der Waals surface area contributed by atoms with Crippen LogP contribution in [0, 0.1) is 12.3 Å². The van der Waals surface area contributed by atoms with E-state index in [9.17, 15) is 15.0 Å². The Morgan fingerprint density at radius 2 is 2.27 bits per heavy atom. The molecule has 0 aliphatic carbocycles. The number of hydrogen-bond donors (Lipinski definition) is 2. The molecule has 1 amide bonds. The van der Waals surface area contributed by atoms with Crippen molar-refractivity contribution < 1.29 is 24.5 Å². The van der Waals surface area contributed by atoms with Crippen molar-refractivity contribution in [2.75, 3.05) is 26.8 Å². The van der Waals surface area contributed by atoms with E-state index in [0.29, 0.717) is 39.4 Å². The van der Waals surface area contributed by atoms with Crippen molar-refractivity contribution in [1.29, 1.82) is 0 Å². The average Bonchev–Trinajstić information content (AvgIpc) is 3.52. The van der Waals surface area contributed by atoms with Gasteiger partial charge < -0.3 is 24.6 Å². The predicted octanol–water partition coefficient (Wildman–Crippen LogP) is 1.70. The van der Waals surface area contributed by atoms with E-state index in [1.165, 1.54) is 41.1 Å². The summed E-state index contributed by atoms with van der Waals surface area (Å²) in [6.45, 7) is 0.890. The van der Waals surface area contributed by atoms with E-state index in [1.54, 1.807) is 22.5 Å². The molecule has 2 fully saturated rings. The summed E-state index contributed by atoms with van der Waals surface area (Å²) < 4.78 is 13.3. The molecule has 11 nitrogen and oxygen atoms in total. The van der Waals surface area contributed by atoms with Crippen LogP contribution in [0.5, 0.6) is 0 Å². The van der Waals surface area contributed by atoms with E-state index in [1.807, 2.05) is 0 Å². The van der Waals surface area contributed by atoms with E-state index >= 15 is 0 Å². The number of nitrogens with zero attached hydrogens (tertiary/aromatic N) is 6. The quantitative estimate of drug-likeness (QED) is 0.409. The molecule has 14 heteroatoms. The van der Waals surface area contributed by atoms with Gasteiger partial charge in [0.2, 0.25) is 0 Å². The summed E-state index contributed by atoms with van der Waals surface area (Å²) in [5.41, 5.74) is 0.485. The largest absolute Gasteiger partial charge is 0.394 e. The Morgan fingerprint density at radius 1 is 1.46 bits per heavy atom. The molecule has 0 radical (unpaired) electrons. The number of methoxy groups -OCH3 is 1. The third-order valence-corrected chi connectivity index (χ3v) is 8.58. The fourth-order valence-corrected chi connectivity index (χ4v) is 6.37. The molecular weight excluding hydrogens is 540 g/mol. The highest BCUT2D eigenvalue weighted by Crippen LogP contribution is 2.41. The predicted molar refractivity (Wildman–Crippen MR) is 136 cm³/mol. The zero-order valence-electron chi connectivity index (χ0n) is 19.6. The number of rotatable bonds is 7. The number of halogens is 1. The van der Waals surface area contributed by atoms with Gasteiger partial charge in [-0.15, -0.1) is 22.9 Å². The topological polar surface area (TPSA) is 136 Å². The van der Waals surface area contributed by atoms with Crippen molar-refractivity contribution in [3.63, 3.8) is 0 Å². The minimum atomic E-state index is -1.17. The second-order valence-corrected chi connectivity index (χ2v) is 10.8. The lowest BCUT2D eigenvalue weighted by atomic mass is 9.97. The molecule has 3 aromatic rings. The third-order valence-electron chi connectivity index (χ3n) is 6.22. The maximum atomic E-state index is 13.0. The van der Waals surface area contributed by atoms with Gasteiger partial charge in [-0.2, -0.15) is 0 Å². The van der Waals surface area contributed by atoms with Gasteiger partial charge in [0.1, 0.15) is 51.3 Å². The molecule has 0 aromatic carbocycles. The SMILES string of the molecule is C#Cc1cnc(C(=O)N2CCC2)c(S[C@H]2OC(CO)[C@H](O)C(n3cc(-c4nc(Cl)cs4)nn3)[C@@H]2OC)c1. The lowest BCUT2D eigenvalue weighted by Crippen LogP contribution is -2.55. The average molecular weight is 563 g/mol. The maximum absolute atomic E-state index is 13.0. The lowest BCUT2D eigenvalue weighted by Gasteiger charge is -2.43. The number of thiazole rings is 1. The first kappa shape index (κ1) is 26.1. The van der Waals surface area contributed by atoms with Gasteiger partial charge in [-0.05, 0) is 12.5 Å². The first-order chi connectivity index (χ1) is 17.9. The number of terminal acetylenes is 1. The standard InChI is InChI=1S/C23H23ClN6O5S2/c1-3-12-7-15(17(25-8-12)22(33)29-5-4-6-29)37-23-20(34-2)18(19(32)14(10-31)35-23)30-9-13(27-28-30)21-26-16(24)11-36-21/h1,7-9,11,14,18-20,23,31-32H,4-6,10H2,2H3/t14?,18?,19-,20-,23+/m0/s1. The minimum absolute atomic E-state index is 0.194. The lowest BCUT2D eigenvalue weighted by molar-refractivity contribution is -0.186. The molecule has 5 atom stereocenters. The van der Waals surface area contributed by atoms with Gasteiger partial charge in [0.15, 0.2) is 0 Å². The van der Waals surface area contributed by atoms with Crippen molar-refractivity contribution in [2.24, 2.45) is 0 Å². The molecule has 5 heterocycles. The van der Waals surface area contributed by atoms with Gasteiger partial charge in [-0.25, -0.2) is 14.6 Å². The number of thioether (sulfide) groups is 1. The zero-order valence-corrected chi connectivity index (χ0v) is 22.0. The van der Waals surface area contributed by atoms with Crippen LogP contribution in [-0.4, -0.2) is 96.5 Å². The van der Waals surface area contributed by atoms with E-state index in [4.69, 9.17) is 27.5 Å². The van der Waals surface area contributed by atoms with Gasteiger partial charge in [0.05, 0.1) is 12.8 Å². The molecular formula is C23H23ClN6O5S2. The molecule has 2 N–H and O–H groups in total. The van der Waals surface area contributed by atoms with E-state index in [2.05, 4.69) is 26.2 Å². The monoisotopic (exact) mass is 562 g/mol. The van der Waals surface area contributed by atoms with Crippen LogP contribution in [0.15, 0.2) is 28.7 Å². The van der Waals surface area contributed by atoms with Crippen LogP contribution >= 0.6 is 34.7 Å². The van der Waals surface area contributed by atoms with Crippen LogP contribution in [0.1, 0.15) is 28.5 Å². The summed E-state index contributed by atoms with van der Waals surface area (Å²) in [7, 11) is 1.49. The summed E-state index contributed by atoms with van der Waals surface area (Å²) >= 11 is 8.46. The number of amides is 1. The fraction of sp³-hybridized carbons (Fsp3) is 0.435. The number of carbonyl (C=O) groups excluding carboxylic acids is 1. The number of likely N-dealkylation sites (tertiary alicyclic amines) is 1. The highest BCUT2D eigenvalue weighted by molar-refractivity contribution is 8.00. The summed E-state index contributed by atoms with van der Waals surface area (Å²) in [6, 6.07) is 0.928. The Kier molecular flexibility index (Phi) is 7.77. The third kappa shape index (κ3) is 5.10. The molecule has 2 saturated heterocycles. The van der Waals surface area contributed by atoms with Crippen molar-refractivity contribution in [1.82, 2.24) is 29.9 Å². The second kappa shape index (κ2) is 11.0. The first-order valence-corrected chi connectivity index (χ1v) is 13.5. The molecule has 0 bridgehead atoms. The van der Waals surface area contributed by atoms with Crippen LogP contribution in [-0.2, 0) is 9.47 Å². The highest BCUT2D eigenvalue weighted by atomic mass is 35.5. The molecule has 2 aliphatic rings.